The molecule has 1 aliphatic carbocycles. The van der Waals surface area contributed by atoms with Crippen molar-refractivity contribution in [3.63, 3.8) is 0 Å². The van der Waals surface area contributed by atoms with Gasteiger partial charge in [-0.25, -0.2) is 4.39 Å². The lowest BCUT2D eigenvalue weighted by Gasteiger charge is -2.36. The van der Waals surface area contributed by atoms with Crippen molar-refractivity contribution < 1.29 is 4.39 Å². The molecule has 2 N–H and O–H groups in total. The van der Waals surface area contributed by atoms with Crippen LogP contribution in [0.2, 0.25) is 0 Å². The third kappa shape index (κ3) is 7.18. The Balaban J connectivity index is 0.00000272. The molecule has 1 aromatic rings. The van der Waals surface area contributed by atoms with Crippen molar-refractivity contribution in [1.82, 2.24) is 20.4 Å². The van der Waals surface area contributed by atoms with Gasteiger partial charge in [0.15, 0.2) is 5.96 Å². The van der Waals surface area contributed by atoms with Gasteiger partial charge >= 0.3 is 0 Å². The Bertz CT molecular complexity index is 697. The summed E-state index contributed by atoms with van der Waals surface area (Å²) in [5, 5.41) is 7.09. The van der Waals surface area contributed by atoms with Crippen LogP contribution in [-0.2, 0) is 0 Å². The molecule has 0 atom stereocenters. The summed E-state index contributed by atoms with van der Waals surface area (Å²) in [6, 6.07) is 8.51. The maximum atomic E-state index is 14.0. The van der Waals surface area contributed by atoms with Crippen molar-refractivity contribution >= 4 is 35.6 Å². The van der Waals surface area contributed by atoms with Gasteiger partial charge in [-0.1, -0.05) is 12.1 Å². The average molecular weight is 545 g/mol. The molecule has 4 rings (SSSR count). The summed E-state index contributed by atoms with van der Waals surface area (Å²) in [7, 11) is 1.86. The lowest BCUT2D eigenvalue weighted by Crippen LogP contribution is -2.49. The zero-order valence-electron chi connectivity index (χ0n) is 18.7. The summed E-state index contributed by atoms with van der Waals surface area (Å²) in [6.45, 7) is 8.18. The molecule has 2 heterocycles. The second-order valence-corrected chi connectivity index (χ2v) is 8.82. The molecule has 3 aliphatic rings. The smallest absolute Gasteiger partial charge is 0.191 e. The maximum Gasteiger partial charge on any atom is 0.191 e. The van der Waals surface area contributed by atoms with Gasteiger partial charge in [-0.15, -0.1) is 24.0 Å². The van der Waals surface area contributed by atoms with Gasteiger partial charge in [0.2, 0.25) is 0 Å². The summed E-state index contributed by atoms with van der Waals surface area (Å²) in [5.41, 5.74) is 0.733. The summed E-state index contributed by atoms with van der Waals surface area (Å²) in [4.78, 5) is 11.7. The zero-order valence-corrected chi connectivity index (χ0v) is 21.1. The molecule has 0 radical (unpaired) electrons. The van der Waals surface area contributed by atoms with Gasteiger partial charge in [0.1, 0.15) is 5.82 Å². The van der Waals surface area contributed by atoms with Crippen LogP contribution < -0.4 is 15.5 Å². The number of anilines is 1. The normalized spacial score (nSPS) is 21.6. The number of hydrogen-bond donors (Lipinski definition) is 2. The lowest BCUT2D eigenvalue weighted by molar-refractivity contribution is 0.197. The van der Waals surface area contributed by atoms with E-state index >= 15 is 0 Å². The molecule has 1 aromatic carbocycles. The minimum atomic E-state index is -0.118. The number of halogens is 2. The SMILES string of the molecule is CN=C(NCCCN1CCN(c2ccccc2F)CC1)NC1CCN(C2CC2)CC1.I. The molecule has 0 spiro atoms. The van der Waals surface area contributed by atoms with Gasteiger partial charge in [-0.05, 0) is 50.8 Å². The second-order valence-electron chi connectivity index (χ2n) is 8.82. The predicted octanol–water partition coefficient (Wildman–Crippen LogP) is 2.75. The molecule has 31 heavy (non-hydrogen) atoms. The van der Waals surface area contributed by atoms with Crippen LogP contribution >= 0.6 is 24.0 Å². The van der Waals surface area contributed by atoms with Crippen molar-refractivity contribution in [2.75, 3.05) is 64.3 Å². The average Bonchev–Trinajstić information content (AvgIpc) is 3.63. The number of guanidine groups is 1. The highest BCUT2D eigenvalue weighted by molar-refractivity contribution is 14.0. The zero-order chi connectivity index (χ0) is 20.8. The van der Waals surface area contributed by atoms with Crippen molar-refractivity contribution in [2.24, 2.45) is 4.99 Å². The van der Waals surface area contributed by atoms with Gasteiger partial charge in [0.05, 0.1) is 5.69 Å². The molecular formula is C23H38FIN6. The minimum Gasteiger partial charge on any atom is -0.367 e. The van der Waals surface area contributed by atoms with E-state index in [0.29, 0.717) is 6.04 Å². The van der Waals surface area contributed by atoms with E-state index in [1.165, 1.54) is 38.8 Å². The van der Waals surface area contributed by atoms with Crippen LogP contribution in [0, 0.1) is 5.82 Å². The standard InChI is InChI=1S/C23H37FN6.HI/c1-25-23(27-19-9-13-29(14-10-19)20-7-8-20)26-11-4-12-28-15-17-30(18-16-28)22-6-3-2-5-21(22)24;/h2-3,5-6,19-20H,4,7-18H2,1H3,(H2,25,26,27);1H. The molecule has 0 unspecified atom stereocenters. The molecular weight excluding hydrogens is 506 g/mol. The van der Waals surface area contributed by atoms with E-state index < -0.39 is 0 Å². The third-order valence-corrected chi connectivity index (χ3v) is 6.67. The van der Waals surface area contributed by atoms with Crippen molar-refractivity contribution in [2.45, 2.75) is 44.2 Å². The number of likely N-dealkylation sites (tertiary alicyclic amines) is 1. The Morgan fingerprint density at radius 2 is 1.74 bits per heavy atom. The molecule has 3 fully saturated rings. The first kappa shape index (κ1) is 24.5. The van der Waals surface area contributed by atoms with Crippen LogP contribution in [0.25, 0.3) is 0 Å². The predicted molar refractivity (Wildman–Crippen MR) is 137 cm³/mol. The molecule has 1 saturated carbocycles. The third-order valence-electron chi connectivity index (χ3n) is 6.67. The molecule has 0 bridgehead atoms. The van der Waals surface area contributed by atoms with E-state index in [1.54, 1.807) is 12.1 Å². The molecule has 2 saturated heterocycles. The molecule has 174 valence electrons. The number of hydrogen-bond acceptors (Lipinski definition) is 4. The van der Waals surface area contributed by atoms with Gasteiger partial charge in [-0.3, -0.25) is 9.89 Å². The number of benzene rings is 1. The first-order valence-corrected chi connectivity index (χ1v) is 11.7. The molecule has 8 heteroatoms. The molecule has 6 nitrogen and oxygen atoms in total. The van der Waals surface area contributed by atoms with Crippen LogP contribution in [0.3, 0.4) is 0 Å². The van der Waals surface area contributed by atoms with Crippen LogP contribution in [0.1, 0.15) is 32.1 Å². The number of para-hydroxylation sites is 1. The Hall–Kier alpha value is -1.13. The largest absolute Gasteiger partial charge is 0.367 e. The fourth-order valence-corrected chi connectivity index (χ4v) is 4.67. The highest BCUT2D eigenvalue weighted by Crippen LogP contribution is 2.29. The first-order valence-electron chi connectivity index (χ1n) is 11.7. The van der Waals surface area contributed by atoms with E-state index in [1.807, 2.05) is 19.2 Å². The first-order chi connectivity index (χ1) is 14.7. The van der Waals surface area contributed by atoms with E-state index in [-0.39, 0.29) is 29.8 Å². The quantitative estimate of drug-likeness (QED) is 0.239. The van der Waals surface area contributed by atoms with Crippen molar-refractivity contribution in [1.29, 1.82) is 0 Å². The summed E-state index contributed by atoms with van der Waals surface area (Å²) in [5.74, 6) is 0.816. The highest BCUT2D eigenvalue weighted by Gasteiger charge is 2.31. The number of piperidine rings is 1. The number of nitrogens with zero attached hydrogens (tertiary/aromatic N) is 4. The Kier molecular flexibility index (Phi) is 9.65. The Morgan fingerprint density at radius 3 is 2.39 bits per heavy atom. The van der Waals surface area contributed by atoms with Gasteiger partial charge < -0.3 is 20.4 Å². The monoisotopic (exact) mass is 544 g/mol. The summed E-state index contributed by atoms with van der Waals surface area (Å²) < 4.78 is 14.0. The summed E-state index contributed by atoms with van der Waals surface area (Å²) in [6.07, 6.45) is 6.31. The van der Waals surface area contributed by atoms with Crippen LogP contribution in [0.5, 0.6) is 0 Å². The Labute approximate surface area is 203 Å². The van der Waals surface area contributed by atoms with E-state index in [9.17, 15) is 4.39 Å². The van der Waals surface area contributed by atoms with Gasteiger partial charge in [-0.2, -0.15) is 0 Å². The number of piperazine rings is 1. The fraction of sp³-hybridized carbons (Fsp3) is 0.696. The van der Waals surface area contributed by atoms with Crippen LogP contribution in [-0.4, -0.2) is 87.2 Å². The number of nitrogens with one attached hydrogen (secondary N) is 2. The van der Waals surface area contributed by atoms with E-state index in [2.05, 4.69) is 30.3 Å². The van der Waals surface area contributed by atoms with E-state index in [4.69, 9.17) is 0 Å². The second kappa shape index (κ2) is 12.2. The lowest BCUT2D eigenvalue weighted by atomic mass is 10.1. The van der Waals surface area contributed by atoms with Gasteiger partial charge in [0.25, 0.3) is 0 Å². The van der Waals surface area contributed by atoms with Crippen molar-refractivity contribution in [3.05, 3.63) is 30.1 Å². The maximum absolute atomic E-state index is 14.0. The minimum absolute atomic E-state index is 0. The fourth-order valence-electron chi connectivity index (χ4n) is 4.67. The van der Waals surface area contributed by atoms with E-state index in [0.717, 1.165) is 63.4 Å². The summed E-state index contributed by atoms with van der Waals surface area (Å²) >= 11 is 0. The molecule has 0 amide bonds. The van der Waals surface area contributed by atoms with Crippen LogP contribution in [0.4, 0.5) is 10.1 Å². The molecule has 2 aliphatic heterocycles. The molecule has 0 aromatic heterocycles. The van der Waals surface area contributed by atoms with Crippen molar-refractivity contribution in [3.8, 4) is 0 Å². The highest BCUT2D eigenvalue weighted by atomic mass is 127. The van der Waals surface area contributed by atoms with Crippen LogP contribution in [0.15, 0.2) is 29.3 Å². The number of rotatable bonds is 7. The Morgan fingerprint density at radius 1 is 1.03 bits per heavy atom. The number of aliphatic imine (C=N–C) groups is 1. The van der Waals surface area contributed by atoms with Gasteiger partial charge in [0, 0.05) is 64.9 Å². The topological polar surface area (TPSA) is 46.1 Å².